The van der Waals surface area contributed by atoms with Crippen LogP contribution in [-0.2, 0) is 13.2 Å². The molecule has 2 rings (SSSR count). The number of anilines is 1. The number of hydrogen-bond donors (Lipinski definition) is 1. The second kappa shape index (κ2) is 5.53. The number of nitro groups is 1. The van der Waals surface area contributed by atoms with E-state index in [0.29, 0.717) is 12.1 Å². The maximum absolute atomic E-state index is 10.8. The Morgan fingerprint density at radius 3 is 2.79 bits per heavy atom. The molecule has 1 N–H and O–H groups in total. The van der Waals surface area contributed by atoms with Crippen LogP contribution in [0.4, 0.5) is 11.4 Å². The summed E-state index contributed by atoms with van der Waals surface area (Å²) in [7, 11) is 1.87. The summed E-state index contributed by atoms with van der Waals surface area (Å²) in [6, 6.07) is 6.55. The molecule has 6 nitrogen and oxygen atoms in total. The van der Waals surface area contributed by atoms with Crippen molar-refractivity contribution in [2.24, 2.45) is 0 Å². The maximum atomic E-state index is 10.8. The molecule has 1 aromatic heterocycles. The molecule has 0 saturated heterocycles. The number of aliphatic hydroxyl groups excluding tert-OH is 1. The molecule has 19 heavy (non-hydrogen) atoms. The van der Waals surface area contributed by atoms with Crippen LogP contribution in [0.1, 0.15) is 11.1 Å². The number of nitro benzene ring substituents is 1. The fourth-order valence-electron chi connectivity index (χ4n) is 1.86. The predicted molar refractivity (Wildman–Crippen MR) is 69.8 cm³/mol. The lowest BCUT2D eigenvalue weighted by Gasteiger charge is -2.19. The smallest absolute Gasteiger partial charge is 0.275 e. The molecule has 0 aliphatic carbocycles. The maximum Gasteiger partial charge on any atom is 0.275 e. The first-order valence-corrected chi connectivity index (χ1v) is 5.72. The molecule has 0 spiro atoms. The zero-order valence-corrected chi connectivity index (χ0v) is 10.4. The van der Waals surface area contributed by atoms with Crippen LogP contribution in [0.2, 0.25) is 0 Å². The van der Waals surface area contributed by atoms with Gasteiger partial charge in [-0.05, 0) is 18.2 Å². The van der Waals surface area contributed by atoms with E-state index >= 15 is 0 Å². The van der Waals surface area contributed by atoms with Crippen molar-refractivity contribution in [1.82, 2.24) is 0 Å². The van der Waals surface area contributed by atoms with Gasteiger partial charge in [0, 0.05) is 30.9 Å². The second-order valence-corrected chi connectivity index (χ2v) is 4.22. The van der Waals surface area contributed by atoms with Gasteiger partial charge in [-0.15, -0.1) is 0 Å². The minimum atomic E-state index is -0.495. The zero-order valence-electron chi connectivity index (χ0n) is 10.4. The van der Waals surface area contributed by atoms with Crippen LogP contribution < -0.4 is 4.90 Å². The van der Waals surface area contributed by atoms with Crippen LogP contribution in [0, 0.1) is 10.1 Å². The molecular weight excluding hydrogens is 248 g/mol. The molecule has 1 aromatic carbocycles. The van der Waals surface area contributed by atoms with E-state index in [1.807, 2.05) is 18.0 Å². The largest absolute Gasteiger partial charge is 0.472 e. The van der Waals surface area contributed by atoms with E-state index < -0.39 is 4.92 Å². The van der Waals surface area contributed by atoms with E-state index in [2.05, 4.69) is 0 Å². The molecular formula is C13H14N2O4. The minimum Gasteiger partial charge on any atom is -0.472 e. The van der Waals surface area contributed by atoms with Crippen molar-refractivity contribution < 1.29 is 14.4 Å². The Hall–Kier alpha value is -2.34. The summed E-state index contributed by atoms with van der Waals surface area (Å²) in [6.07, 6.45) is 3.24. The highest BCUT2D eigenvalue weighted by Crippen LogP contribution is 2.25. The molecule has 6 heteroatoms. The van der Waals surface area contributed by atoms with Crippen molar-refractivity contribution in [2.45, 2.75) is 13.2 Å². The third-order valence-corrected chi connectivity index (χ3v) is 2.87. The van der Waals surface area contributed by atoms with E-state index in [0.717, 1.165) is 11.3 Å². The normalized spacial score (nSPS) is 10.4. The lowest BCUT2D eigenvalue weighted by atomic mass is 10.1. The Kier molecular flexibility index (Phi) is 3.82. The fourth-order valence-corrected chi connectivity index (χ4v) is 1.86. The molecule has 0 unspecified atom stereocenters. The highest BCUT2D eigenvalue weighted by molar-refractivity contribution is 5.55. The van der Waals surface area contributed by atoms with Gasteiger partial charge < -0.3 is 14.4 Å². The van der Waals surface area contributed by atoms with Crippen LogP contribution >= 0.6 is 0 Å². The molecule has 0 fully saturated rings. The summed E-state index contributed by atoms with van der Waals surface area (Å²) >= 11 is 0. The summed E-state index contributed by atoms with van der Waals surface area (Å²) in [5.41, 5.74) is 2.05. The molecule has 0 saturated carbocycles. The number of benzene rings is 1. The van der Waals surface area contributed by atoms with Gasteiger partial charge in [-0.3, -0.25) is 10.1 Å². The third-order valence-electron chi connectivity index (χ3n) is 2.87. The number of nitrogens with zero attached hydrogens (tertiary/aromatic N) is 2. The number of rotatable bonds is 5. The second-order valence-electron chi connectivity index (χ2n) is 4.22. The summed E-state index contributed by atoms with van der Waals surface area (Å²) < 4.78 is 4.99. The molecule has 1 heterocycles. The van der Waals surface area contributed by atoms with Gasteiger partial charge in [0.2, 0.25) is 0 Å². The van der Waals surface area contributed by atoms with Crippen molar-refractivity contribution in [2.75, 3.05) is 11.9 Å². The van der Waals surface area contributed by atoms with Gasteiger partial charge in [-0.2, -0.15) is 0 Å². The Bertz CT molecular complexity index is 566. The molecule has 0 aliphatic heterocycles. The fraction of sp³-hybridized carbons (Fsp3) is 0.231. The van der Waals surface area contributed by atoms with Gasteiger partial charge >= 0.3 is 0 Å². The Morgan fingerprint density at radius 2 is 2.21 bits per heavy atom. The van der Waals surface area contributed by atoms with Gasteiger partial charge in [0.05, 0.1) is 29.6 Å². The molecule has 0 aliphatic rings. The van der Waals surface area contributed by atoms with E-state index in [-0.39, 0.29) is 12.3 Å². The Labute approximate surface area is 110 Å². The summed E-state index contributed by atoms with van der Waals surface area (Å²) in [6.45, 7) is 0.267. The van der Waals surface area contributed by atoms with E-state index in [1.54, 1.807) is 24.7 Å². The van der Waals surface area contributed by atoms with E-state index in [9.17, 15) is 15.2 Å². The Balaban J connectivity index is 2.23. The van der Waals surface area contributed by atoms with Crippen LogP contribution in [0.25, 0.3) is 0 Å². The van der Waals surface area contributed by atoms with Crippen molar-refractivity contribution in [1.29, 1.82) is 0 Å². The molecule has 0 radical (unpaired) electrons. The Morgan fingerprint density at radius 1 is 1.42 bits per heavy atom. The molecule has 0 amide bonds. The van der Waals surface area contributed by atoms with Gasteiger partial charge in [-0.25, -0.2) is 0 Å². The van der Waals surface area contributed by atoms with Crippen molar-refractivity contribution in [3.05, 3.63) is 58.0 Å². The predicted octanol–water partition coefficient (Wildman–Crippen LogP) is 2.32. The van der Waals surface area contributed by atoms with E-state index in [4.69, 9.17) is 4.42 Å². The van der Waals surface area contributed by atoms with Crippen LogP contribution in [0.15, 0.2) is 41.2 Å². The first-order chi connectivity index (χ1) is 9.11. The molecule has 0 bridgehead atoms. The lowest BCUT2D eigenvalue weighted by Crippen LogP contribution is -2.16. The van der Waals surface area contributed by atoms with Crippen molar-refractivity contribution in [3.8, 4) is 0 Å². The quantitative estimate of drug-likeness (QED) is 0.660. The standard InChI is InChI=1S/C13H14N2O4/c1-14(7-10-4-5-19-9-10)12-2-3-13(15(17)18)11(6-12)8-16/h2-6,9,16H,7-8H2,1H3. The first kappa shape index (κ1) is 13.1. The zero-order chi connectivity index (χ0) is 13.8. The molecule has 2 aromatic rings. The summed E-state index contributed by atoms with van der Waals surface area (Å²) in [5, 5.41) is 20.0. The highest BCUT2D eigenvalue weighted by Gasteiger charge is 2.14. The lowest BCUT2D eigenvalue weighted by molar-refractivity contribution is -0.385. The molecule has 100 valence electrons. The van der Waals surface area contributed by atoms with Gasteiger partial charge in [0.1, 0.15) is 0 Å². The van der Waals surface area contributed by atoms with Crippen LogP contribution in [0.5, 0.6) is 0 Å². The van der Waals surface area contributed by atoms with Crippen LogP contribution in [0.3, 0.4) is 0 Å². The van der Waals surface area contributed by atoms with Crippen molar-refractivity contribution in [3.63, 3.8) is 0 Å². The van der Waals surface area contributed by atoms with Gasteiger partial charge in [0.25, 0.3) is 5.69 Å². The summed E-state index contributed by atoms with van der Waals surface area (Å²) in [4.78, 5) is 12.2. The van der Waals surface area contributed by atoms with Gasteiger partial charge in [-0.1, -0.05) is 0 Å². The highest BCUT2D eigenvalue weighted by atomic mass is 16.6. The first-order valence-electron chi connectivity index (χ1n) is 5.72. The topological polar surface area (TPSA) is 79.8 Å². The monoisotopic (exact) mass is 262 g/mol. The van der Waals surface area contributed by atoms with Gasteiger partial charge in [0.15, 0.2) is 0 Å². The molecule has 0 atom stereocenters. The van der Waals surface area contributed by atoms with Crippen LogP contribution in [-0.4, -0.2) is 17.1 Å². The average Bonchev–Trinajstić information content (AvgIpc) is 2.90. The number of hydrogen-bond acceptors (Lipinski definition) is 5. The van der Waals surface area contributed by atoms with Crippen molar-refractivity contribution >= 4 is 11.4 Å². The van der Waals surface area contributed by atoms with E-state index in [1.165, 1.54) is 6.07 Å². The summed E-state index contributed by atoms with van der Waals surface area (Å²) in [5.74, 6) is 0. The number of aliphatic hydroxyl groups is 1. The third kappa shape index (κ3) is 2.92. The minimum absolute atomic E-state index is 0.0667. The number of furan rings is 1. The average molecular weight is 262 g/mol. The SMILES string of the molecule is CN(Cc1ccoc1)c1ccc([N+](=O)[O-])c(CO)c1.